The highest BCUT2D eigenvalue weighted by Crippen LogP contribution is 2.63. The van der Waals surface area contributed by atoms with Crippen LogP contribution in [0.2, 0.25) is 0 Å². The third kappa shape index (κ3) is 2.31. The number of aryl methyl sites for hydroxylation is 1. The van der Waals surface area contributed by atoms with Gasteiger partial charge in [-0.2, -0.15) is 4.68 Å². The number of rotatable bonds is 3. The van der Waals surface area contributed by atoms with E-state index in [0.717, 1.165) is 49.5 Å². The summed E-state index contributed by atoms with van der Waals surface area (Å²) in [4.78, 5) is 2.77. The molecule has 5 aliphatic rings. The molecule has 1 aliphatic heterocycles. The second kappa shape index (κ2) is 6.36. The summed E-state index contributed by atoms with van der Waals surface area (Å²) in [5, 5.41) is 17.1. The third-order valence-electron chi connectivity index (χ3n) is 8.19. The molecular weight excluding hydrogens is 348 g/mol. The Balaban J connectivity index is 1.54. The molecule has 4 aliphatic carbocycles. The first-order chi connectivity index (χ1) is 13.8. The van der Waals surface area contributed by atoms with E-state index in [1.165, 1.54) is 37.7 Å². The molecule has 4 saturated carbocycles. The van der Waals surface area contributed by atoms with Gasteiger partial charge < -0.3 is 5.32 Å². The van der Waals surface area contributed by atoms with Gasteiger partial charge in [0.2, 0.25) is 0 Å². The van der Waals surface area contributed by atoms with Crippen LogP contribution < -0.4 is 5.32 Å². The second-order valence-electron chi connectivity index (χ2n) is 9.57. The van der Waals surface area contributed by atoms with Crippen LogP contribution in [0.25, 0.3) is 5.69 Å². The van der Waals surface area contributed by atoms with Crippen molar-refractivity contribution in [1.82, 2.24) is 30.4 Å². The summed E-state index contributed by atoms with van der Waals surface area (Å²) < 4.78 is 2.08. The molecule has 148 valence electrons. The Morgan fingerprint density at radius 2 is 1.64 bits per heavy atom. The maximum atomic E-state index is 4.77. The van der Waals surface area contributed by atoms with Gasteiger partial charge >= 0.3 is 0 Å². The number of para-hydroxylation sites is 1. The van der Waals surface area contributed by atoms with Crippen LogP contribution in [-0.2, 0) is 5.54 Å². The normalized spacial score (nSPS) is 37.5. The Morgan fingerprint density at radius 3 is 2.32 bits per heavy atom. The van der Waals surface area contributed by atoms with E-state index in [1.807, 2.05) is 0 Å². The van der Waals surface area contributed by atoms with Crippen molar-refractivity contribution in [1.29, 1.82) is 0 Å². The summed E-state index contributed by atoms with van der Waals surface area (Å²) in [7, 11) is 0. The van der Waals surface area contributed by atoms with Crippen LogP contribution in [0.4, 0.5) is 0 Å². The molecule has 2 aromatic rings. The lowest BCUT2D eigenvalue weighted by atomic mass is 9.47. The number of nitrogens with one attached hydrogen (secondary N) is 1. The molecule has 0 atom stereocenters. The number of piperazine rings is 1. The maximum absolute atomic E-state index is 4.77. The Hall–Kier alpha value is -1.79. The smallest absolute Gasteiger partial charge is 0.177 e. The standard InChI is InChI=1S/C22H30N6/c1-15-4-2-3-5-20(15)28-21(24-25-26-28)22(27-8-6-23-7-9-27)18-11-16-10-17(13-18)14-19(22)12-16/h2-5,16-19,23H,6-14H2,1H3. The number of tetrazole rings is 1. The average molecular weight is 379 g/mol. The van der Waals surface area contributed by atoms with Gasteiger partial charge in [0, 0.05) is 26.2 Å². The van der Waals surface area contributed by atoms with Gasteiger partial charge in [-0.05, 0) is 84.8 Å². The fourth-order valence-corrected chi connectivity index (χ4v) is 7.36. The van der Waals surface area contributed by atoms with E-state index in [9.17, 15) is 0 Å². The summed E-state index contributed by atoms with van der Waals surface area (Å²) in [5.74, 6) is 4.35. The van der Waals surface area contributed by atoms with Crippen molar-refractivity contribution in [3.05, 3.63) is 35.7 Å². The van der Waals surface area contributed by atoms with E-state index in [0.29, 0.717) is 11.8 Å². The highest BCUT2D eigenvalue weighted by molar-refractivity contribution is 5.41. The largest absolute Gasteiger partial charge is 0.314 e. The first-order valence-corrected chi connectivity index (χ1v) is 11.1. The molecule has 4 bridgehead atoms. The molecule has 1 aromatic heterocycles. The SMILES string of the molecule is Cc1ccccc1-n1nnnc1C1(N2CCNCC2)C2CC3CC(C2)CC1C3. The van der Waals surface area contributed by atoms with Crippen LogP contribution in [0, 0.1) is 30.6 Å². The molecule has 5 fully saturated rings. The van der Waals surface area contributed by atoms with E-state index in [4.69, 9.17) is 5.10 Å². The van der Waals surface area contributed by atoms with E-state index < -0.39 is 0 Å². The van der Waals surface area contributed by atoms with Crippen molar-refractivity contribution < 1.29 is 0 Å². The zero-order valence-corrected chi connectivity index (χ0v) is 16.7. The monoisotopic (exact) mass is 378 g/mol. The molecule has 6 heteroatoms. The second-order valence-corrected chi connectivity index (χ2v) is 9.57. The predicted octanol–water partition coefficient (Wildman–Crippen LogP) is 2.53. The summed E-state index contributed by atoms with van der Waals surface area (Å²) >= 11 is 0. The molecule has 1 saturated heterocycles. The fraction of sp³-hybridized carbons (Fsp3) is 0.682. The first kappa shape index (κ1) is 17.1. The molecule has 0 spiro atoms. The molecule has 28 heavy (non-hydrogen) atoms. The van der Waals surface area contributed by atoms with Crippen LogP contribution in [0.15, 0.2) is 24.3 Å². The number of aromatic nitrogens is 4. The zero-order valence-electron chi connectivity index (χ0n) is 16.7. The van der Waals surface area contributed by atoms with Crippen LogP contribution in [0.5, 0.6) is 0 Å². The lowest BCUT2D eigenvalue weighted by Gasteiger charge is -2.64. The summed E-state index contributed by atoms with van der Waals surface area (Å²) in [6.07, 6.45) is 6.90. The van der Waals surface area contributed by atoms with Gasteiger partial charge in [0.05, 0.1) is 11.2 Å². The van der Waals surface area contributed by atoms with Gasteiger partial charge in [0.25, 0.3) is 0 Å². The van der Waals surface area contributed by atoms with Crippen molar-refractivity contribution >= 4 is 0 Å². The Morgan fingerprint density at radius 1 is 0.964 bits per heavy atom. The Kier molecular flexibility index (Phi) is 3.88. The van der Waals surface area contributed by atoms with E-state index in [1.54, 1.807) is 0 Å². The molecule has 7 rings (SSSR count). The van der Waals surface area contributed by atoms with Crippen molar-refractivity contribution in [2.24, 2.45) is 23.7 Å². The van der Waals surface area contributed by atoms with Crippen molar-refractivity contribution in [3.8, 4) is 5.69 Å². The lowest BCUT2D eigenvalue weighted by Crippen LogP contribution is -2.67. The van der Waals surface area contributed by atoms with Gasteiger partial charge in [-0.15, -0.1) is 5.10 Å². The number of hydrogen-bond donors (Lipinski definition) is 1. The molecule has 0 unspecified atom stereocenters. The van der Waals surface area contributed by atoms with Crippen molar-refractivity contribution in [2.75, 3.05) is 26.2 Å². The summed E-state index contributed by atoms with van der Waals surface area (Å²) in [5.41, 5.74) is 2.36. The lowest BCUT2D eigenvalue weighted by molar-refractivity contribution is -0.150. The molecule has 0 amide bonds. The number of benzene rings is 1. The number of nitrogens with zero attached hydrogens (tertiary/aromatic N) is 5. The highest BCUT2D eigenvalue weighted by Gasteiger charge is 2.62. The summed E-state index contributed by atoms with van der Waals surface area (Å²) in [6.45, 7) is 6.50. The minimum Gasteiger partial charge on any atom is -0.314 e. The average Bonchev–Trinajstić information content (AvgIpc) is 3.19. The van der Waals surface area contributed by atoms with Gasteiger partial charge in [-0.1, -0.05) is 18.2 Å². The Bertz CT molecular complexity index is 834. The number of hydrogen-bond acceptors (Lipinski definition) is 5. The molecule has 1 N–H and O–H groups in total. The highest BCUT2D eigenvalue weighted by atomic mass is 15.6. The van der Waals surface area contributed by atoms with Crippen LogP contribution in [0.3, 0.4) is 0 Å². The van der Waals surface area contributed by atoms with Crippen LogP contribution in [-0.4, -0.2) is 51.3 Å². The minimum atomic E-state index is 0.00129. The zero-order chi connectivity index (χ0) is 18.7. The third-order valence-corrected chi connectivity index (χ3v) is 8.19. The minimum absolute atomic E-state index is 0.00129. The van der Waals surface area contributed by atoms with E-state index in [-0.39, 0.29) is 5.54 Å². The predicted molar refractivity (Wildman–Crippen MR) is 107 cm³/mol. The molecular formula is C22H30N6. The van der Waals surface area contributed by atoms with Gasteiger partial charge in [-0.25, -0.2) is 0 Å². The van der Waals surface area contributed by atoms with Crippen LogP contribution in [0.1, 0.15) is 43.5 Å². The topological polar surface area (TPSA) is 58.9 Å². The molecule has 0 radical (unpaired) electrons. The van der Waals surface area contributed by atoms with Gasteiger partial charge in [-0.3, -0.25) is 4.90 Å². The fourth-order valence-electron chi connectivity index (χ4n) is 7.36. The molecule has 1 aromatic carbocycles. The molecule has 6 nitrogen and oxygen atoms in total. The van der Waals surface area contributed by atoms with E-state index >= 15 is 0 Å². The first-order valence-electron chi connectivity index (χ1n) is 11.1. The van der Waals surface area contributed by atoms with Crippen molar-refractivity contribution in [2.45, 2.75) is 44.6 Å². The maximum Gasteiger partial charge on any atom is 0.177 e. The van der Waals surface area contributed by atoms with Crippen LogP contribution >= 0.6 is 0 Å². The van der Waals surface area contributed by atoms with E-state index in [2.05, 4.69) is 56.5 Å². The summed E-state index contributed by atoms with van der Waals surface area (Å²) in [6, 6.07) is 8.52. The Labute approximate surface area is 166 Å². The van der Waals surface area contributed by atoms with Crippen molar-refractivity contribution in [3.63, 3.8) is 0 Å². The van der Waals surface area contributed by atoms with Gasteiger partial charge in [0.15, 0.2) is 5.82 Å². The molecule has 2 heterocycles. The quantitative estimate of drug-likeness (QED) is 0.889. The van der Waals surface area contributed by atoms with Gasteiger partial charge in [0.1, 0.15) is 0 Å².